The molecule has 1 aromatic heterocycles. The number of hydrogen-bond donors (Lipinski definition) is 1. The highest BCUT2D eigenvalue weighted by atomic mass is 32.1. The topological polar surface area (TPSA) is 60.9 Å². The fourth-order valence-corrected chi connectivity index (χ4v) is 3.69. The highest BCUT2D eigenvalue weighted by Crippen LogP contribution is 2.34. The van der Waals surface area contributed by atoms with Crippen molar-refractivity contribution in [2.24, 2.45) is 0 Å². The first-order valence-electron chi connectivity index (χ1n) is 6.68. The van der Waals surface area contributed by atoms with Crippen LogP contribution in [0.2, 0.25) is 0 Å². The third-order valence-electron chi connectivity index (χ3n) is 3.77. The summed E-state index contributed by atoms with van der Waals surface area (Å²) < 4.78 is 0. The molecule has 0 spiro atoms. The zero-order valence-electron chi connectivity index (χ0n) is 11.0. The number of carbonyl (C=O) groups excluding carboxylic acids is 1. The second-order valence-corrected chi connectivity index (χ2v) is 5.97. The molecule has 2 aliphatic rings. The molecule has 1 unspecified atom stereocenters. The van der Waals surface area contributed by atoms with Crippen LogP contribution in [0.1, 0.15) is 22.9 Å². The first-order chi connectivity index (χ1) is 9.68. The molecule has 0 aliphatic carbocycles. The molecule has 0 saturated carbocycles. The Morgan fingerprint density at radius 3 is 2.85 bits per heavy atom. The zero-order chi connectivity index (χ0) is 14.1. The van der Waals surface area contributed by atoms with E-state index in [1.807, 2.05) is 23.6 Å². The Labute approximate surface area is 121 Å². The monoisotopic (exact) mass is 292 g/mol. The second-order valence-electron chi connectivity index (χ2n) is 4.97. The lowest BCUT2D eigenvalue weighted by molar-refractivity contribution is -0.143. The Kier molecular flexibility index (Phi) is 3.48. The molecule has 1 N–H and O–H groups in total. The normalized spacial score (nSPS) is 21.7. The second kappa shape index (κ2) is 5.28. The average Bonchev–Trinajstić information content (AvgIpc) is 2.94. The van der Waals surface area contributed by atoms with Crippen molar-refractivity contribution in [3.8, 4) is 0 Å². The molecule has 0 aromatic carbocycles. The largest absolute Gasteiger partial charge is 0.479 e. The van der Waals surface area contributed by atoms with Crippen LogP contribution in [0.15, 0.2) is 23.6 Å². The zero-order valence-corrected chi connectivity index (χ0v) is 11.8. The first kappa shape index (κ1) is 13.2. The number of amides is 2. The molecule has 2 amide bonds. The van der Waals surface area contributed by atoms with Gasteiger partial charge < -0.3 is 14.9 Å². The third kappa shape index (κ3) is 2.20. The predicted octanol–water partition coefficient (Wildman–Crippen LogP) is 2.11. The van der Waals surface area contributed by atoms with Crippen LogP contribution in [-0.4, -0.2) is 46.5 Å². The lowest BCUT2D eigenvalue weighted by Gasteiger charge is -2.37. The van der Waals surface area contributed by atoms with E-state index >= 15 is 0 Å². The van der Waals surface area contributed by atoms with E-state index in [1.54, 1.807) is 16.2 Å². The number of aliphatic carboxylic acids is 1. The molecular formula is C14H16N2O3S. The van der Waals surface area contributed by atoms with Gasteiger partial charge in [-0.1, -0.05) is 12.2 Å². The van der Waals surface area contributed by atoms with Crippen molar-refractivity contribution in [1.82, 2.24) is 9.80 Å². The minimum Gasteiger partial charge on any atom is -0.479 e. The van der Waals surface area contributed by atoms with Crippen molar-refractivity contribution < 1.29 is 14.7 Å². The summed E-state index contributed by atoms with van der Waals surface area (Å²) in [7, 11) is 0. The minimum absolute atomic E-state index is 0.168. The van der Waals surface area contributed by atoms with Crippen LogP contribution in [0, 0.1) is 0 Å². The fraction of sp³-hybridized carbons (Fsp3) is 0.429. The molecule has 0 radical (unpaired) electrons. The summed E-state index contributed by atoms with van der Waals surface area (Å²) in [5.41, 5.74) is 0.773. The highest BCUT2D eigenvalue weighted by Gasteiger charge is 2.38. The Bertz CT molecular complexity index is 567. The minimum atomic E-state index is -0.953. The maximum Gasteiger partial charge on any atom is 0.331 e. The molecule has 20 heavy (non-hydrogen) atoms. The molecule has 6 heteroatoms. The van der Waals surface area contributed by atoms with E-state index in [1.165, 1.54) is 4.90 Å². The summed E-state index contributed by atoms with van der Waals surface area (Å²) in [5.74, 6) is -0.953. The van der Waals surface area contributed by atoms with Crippen LogP contribution in [0.5, 0.6) is 0 Å². The van der Waals surface area contributed by atoms with Crippen molar-refractivity contribution in [3.63, 3.8) is 0 Å². The number of urea groups is 1. The fourth-order valence-electron chi connectivity index (χ4n) is 2.79. The maximum absolute atomic E-state index is 12.6. The smallest absolute Gasteiger partial charge is 0.331 e. The van der Waals surface area contributed by atoms with E-state index in [9.17, 15) is 14.7 Å². The van der Waals surface area contributed by atoms with Crippen LogP contribution in [0.3, 0.4) is 0 Å². The summed E-state index contributed by atoms with van der Waals surface area (Å²) in [5, 5.41) is 11.4. The van der Waals surface area contributed by atoms with Gasteiger partial charge in [0.25, 0.3) is 0 Å². The van der Waals surface area contributed by atoms with Gasteiger partial charge in [-0.2, -0.15) is 0 Å². The summed E-state index contributed by atoms with van der Waals surface area (Å²) in [6.45, 7) is 1.70. The van der Waals surface area contributed by atoms with Crippen molar-refractivity contribution in [2.45, 2.75) is 18.9 Å². The van der Waals surface area contributed by atoms with Crippen LogP contribution in [0.25, 0.3) is 0 Å². The summed E-state index contributed by atoms with van der Waals surface area (Å²) in [6, 6.07) is 0.816. The molecule has 0 saturated heterocycles. The number of hydrogen-bond acceptors (Lipinski definition) is 3. The molecule has 3 heterocycles. The quantitative estimate of drug-likeness (QED) is 0.806. The van der Waals surface area contributed by atoms with Crippen LogP contribution >= 0.6 is 11.3 Å². The number of carboxylic acid groups (broad SMARTS) is 1. The van der Waals surface area contributed by atoms with Gasteiger partial charge in [0.05, 0.1) is 0 Å². The summed E-state index contributed by atoms with van der Waals surface area (Å²) in [6.07, 6.45) is 5.58. The van der Waals surface area contributed by atoms with Gasteiger partial charge in [-0.05, 0) is 29.9 Å². The number of carboxylic acids is 1. The standard InChI is InChI=1S/C14H16N2O3S/c17-13(18)12-10-5-9-20-11(10)4-8-16(12)14(19)15-6-2-1-3-7-15/h1-2,5,9,12H,3-4,6-8H2,(H,17,18). The van der Waals surface area contributed by atoms with Crippen LogP contribution < -0.4 is 0 Å². The van der Waals surface area contributed by atoms with Crippen LogP contribution in [-0.2, 0) is 11.2 Å². The van der Waals surface area contributed by atoms with E-state index < -0.39 is 12.0 Å². The van der Waals surface area contributed by atoms with E-state index in [4.69, 9.17) is 0 Å². The molecule has 2 aliphatic heterocycles. The van der Waals surface area contributed by atoms with E-state index in [0.717, 1.165) is 23.3 Å². The Morgan fingerprint density at radius 2 is 2.15 bits per heavy atom. The molecule has 5 nitrogen and oxygen atoms in total. The molecule has 1 atom stereocenters. The molecule has 0 bridgehead atoms. The Hall–Kier alpha value is -1.82. The Balaban J connectivity index is 1.87. The van der Waals surface area contributed by atoms with E-state index in [0.29, 0.717) is 19.6 Å². The van der Waals surface area contributed by atoms with Crippen molar-refractivity contribution in [3.05, 3.63) is 34.0 Å². The highest BCUT2D eigenvalue weighted by molar-refractivity contribution is 7.10. The van der Waals surface area contributed by atoms with Crippen molar-refractivity contribution in [2.75, 3.05) is 19.6 Å². The molecular weight excluding hydrogens is 276 g/mol. The third-order valence-corrected chi connectivity index (χ3v) is 4.77. The van der Waals surface area contributed by atoms with Gasteiger partial charge in [0.1, 0.15) is 0 Å². The number of nitrogens with zero attached hydrogens (tertiary/aromatic N) is 2. The van der Waals surface area contributed by atoms with Gasteiger partial charge in [0.15, 0.2) is 6.04 Å². The summed E-state index contributed by atoms with van der Waals surface area (Å²) in [4.78, 5) is 28.4. The molecule has 3 rings (SSSR count). The number of carbonyl (C=O) groups is 2. The lowest BCUT2D eigenvalue weighted by atomic mass is 10.0. The van der Waals surface area contributed by atoms with Gasteiger partial charge in [-0.25, -0.2) is 9.59 Å². The predicted molar refractivity (Wildman–Crippen MR) is 75.8 cm³/mol. The van der Waals surface area contributed by atoms with Crippen LogP contribution in [0.4, 0.5) is 4.79 Å². The van der Waals surface area contributed by atoms with Gasteiger partial charge in [-0.15, -0.1) is 11.3 Å². The van der Waals surface area contributed by atoms with Crippen molar-refractivity contribution in [1.29, 1.82) is 0 Å². The number of fused-ring (bicyclic) bond motifs is 1. The number of thiophene rings is 1. The van der Waals surface area contributed by atoms with Gasteiger partial charge >= 0.3 is 12.0 Å². The van der Waals surface area contributed by atoms with E-state index in [-0.39, 0.29) is 6.03 Å². The van der Waals surface area contributed by atoms with Gasteiger partial charge in [0.2, 0.25) is 0 Å². The SMILES string of the molecule is O=C(O)C1c2ccsc2CCN1C(=O)N1CC=CCC1. The lowest BCUT2D eigenvalue weighted by Crippen LogP contribution is -2.50. The molecule has 0 fully saturated rings. The molecule has 106 valence electrons. The van der Waals surface area contributed by atoms with Crippen molar-refractivity contribution >= 4 is 23.3 Å². The van der Waals surface area contributed by atoms with Gasteiger partial charge in [0, 0.05) is 24.5 Å². The average molecular weight is 292 g/mol. The summed E-state index contributed by atoms with van der Waals surface area (Å²) >= 11 is 1.57. The first-order valence-corrected chi connectivity index (χ1v) is 7.56. The Morgan fingerprint density at radius 1 is 1.30 bits per heavy atom. The maximum atomic E-state index is 12.6. The molecule has 1 aromatic rings. The number of rotatable bonds is 1. The van der Waals surface area contributed by atoms with Gasteiger partial charge in [-0.3, -0.25) is 0 Å². The van der Waals surface area contributed by atoms with E-state index in [2.05, 4.69) is 0 Å².